The molecule has 2 bridgehead atoms. The van der Waals surface area contributed by atoms with Gasteiger partial charge in [0.25, 0.3) is 5.56 Å². The highest BCUT2D eigenvalue weighted by Crippen LogP contribution is 2.37. The lowest BCUT2D eigenvalue weighted by atomic mass is 9.86. The zero-order chi connectivity index (χ0) is 17.7. The average Bonchev–Trinajstić information content (AvgIpc) is 2.60. The van der Waals surface area contributed by atoms with Gasteiger partial charge in [-0.3, -0.25) is 9.69 Å². The summed E-state index contributed by atoms with van der Waals surface area (Å²) in [5.74, 6) is -0.816. The van der Waals surface area contributed by atoms with Crippen LogP contribution in [0.3, 0.4) is 0 Å². The molecule has 3 fully saturated rings. The molecule has 0 amide bonds. The summed E-state index contributed by atoms with van der Waals surface area (Å²) in [6, 6.07) is 3.99. The van der Waals surface area contributed by atoms with Gasteiger partial charge in [-0.1, -0.05) is 11.6 Å². The van der Waals surface area contributed by atoms with Crippen molar-refractivity contribution >= 4 is 17.3 Å². The molecule has 5 nitrogen and oxygen atoms in total. The second-order valence-electron chi connectivity index (χ2n) is 6.63. The summed E-state index contributed by atoms with van der Waals surface area (Å²) in [6.45, 7) is 1.75. The number of halogens is 3. The smallest absolute Gasteiger partial charge is 0.287 e. The summed E-state index contributed by atoms with van der Waals surface area (Å²) in [6.07, 6.45) is 2.61. The zero-order valence-electron chi connectivity index (χ0n) is 13.6. The van der Waals surface area contributed by atoms with Crippen molar-refractivity contribution in [3.63, 3.8) is 0 Å². The maximum atomic E-state index is 13.9. The first kappa shape index (κ1) is 16.5. The summed E-state index contributed by atoms with van der Waals surface area (Å²) in [4.78, 5) is 16.2. The molecule has 2 aromatic rings. The number of hydrogen-bond acceptors (Lipinski definition) is 4. The van der Waals surface area contributed by atoms with E-state index in [0.717, 1.165) is 18.6 Å². The normalized spacial score (nSPS) is 22.8. The molecule has 8 heteroatoms. The summed E-state index contributed by atoms with van der Waals surface area (Å²) in [5.41, 5.74) is 0.685. The van der Waals surface area contributed by atoms with E-state index in [1.807, 2.05) is 4.90 Å². The third-order valence-electron chi connectivity index (χ3n) is 5.11. The summed E-state index contributed by atoms with van der Waals surface area (Å²) < 4.78 is 28.4. The molecule has 25 heavy (non-hydrogen) atoms. The number of anilines is 1. The minimum Gasteiger partial charge on any atom is -0.366 e. The second kappa shape index (κ2) is 6.07. The van der Waals surface area contributed by atoms with E-state index in [4.69, 9.17) is 11.6 Å². The highest BCUT2D eigenvalue weighted by atomic mass is 35.5. The number of aryl methyl sites for hydroxylation is 1. The number of nitrogens with zero attached hydrogens (tertiary/aromatic N) is 4. The lowest BCUT2D eigenvalue weighted by molar-refractivity contribution is -0.00930. The van der Waals surface area contributed by atoms with Crippen LogP contribution >= 0.6 is 11.6 Å². The fourth-order valence-electron chi connectivity index (χ4n) is 3.73. The number of benzene rings is 1. The van der Waals surface area contributed by atoms with E-state index in [1.54, 1.807) is 13.2 Å². The lowest BCUT2D eigenvalue weighted by Gasteiger charge is -2.57. The molecule has 2 unspecified atom stereocenters. The topological polar surface area (TPSA) is 41.4 Å². The van der Waals surface area contributed by atoms with Crippen LogP contribution in [0.25, 0.3) is 0 Å². The quantitative estimate of drug-likeness (QED) is 0.835. The van der Waals surface area contributed by atoms with Gasteiger partial charge in [0.1, 0.15) is 16.7 Å². The van der Waals surface area contributed by atoms with Crippen LogP contribution in [0.2, 0.25) is 5.02 Å². The van der Waals surface area contributed by atoms with Crippen molar-refractivity contribution < 1.29 is 8.78 Å². The first-order valence-corrected chi connectivity index (χ1v) is 8.48. The van der Waals surface area contributed by atoms with Gasteiger partial charge < -0.3 is 4.90 Å². The molecular weight excluding hydrogens is 350 g/mol. The van der Waals surface area contributed by atoms with Crippen molar-refractivity contribution in [1.29, 1.82) is 0 Å². The van der Waals surface area contributed by atoms with E-state index in [-0.39, 0.29) is 28.5 Å². The SMILES string of the molecule is Cn1ncc(N2CC3CC(C2)N3Cc2cc(F)ccc2F)c(Cl)c1=O. The van der Waals surface area contributed by atoms with Gasteiger partial charge in [-0.15, -0.1) is 0 Å². The Labute approximate surface area is 148 Å². The van der Waals surface area contributed by atoms with Crippen LogP contribution < -0.4 is 10.5 Å². The first-order valence-electron chi connectivity index (χ1n) is 8.10. The Bertz CT molecular complexity index is 875. The Morgan fingerprint density at radius 3 is 2.72 bits per heavy atom. The van der Waals surface area contributed by atoms with Crippen LogP contribution in [-0.2, 0) is 13.6 Å². The Hall–Kier alpha value is -1.99. The maximum absolute atomic E-state index is 13.9. The van der Waals surface area contributed by atoms with E-state index in [1.165, 1.54) is 10.7 Å². The number of piperazine rings is 1. The molecule has 0 spiro atoms. The van der Waals surface area contributed by atoms with Crippen molar-refractivity contribution in [3.05, 3.63) is 57.0 Å². The minimum absolute atomic E-state index is 0.168. The number of aromatic nitrogens is 2. The van der Waals surface area contributed by atoms with Crippen molar-refractivity contribution in [2.75, 3.05) is 18.0 Å². The van der Waals surface area contributed by atoms with Gasteiger partial charge in [-0.05, 0) is 24.6 Å². The fourth-order valence-corrected chi connectivity index (χ4v) is 4.02. The van der Waals surface area contributed by atoms with Crippen molar-refractivity contribution in [3.8, 4) is 0 Å². The molecule has 3 aliphatic heterocycles. The molecule has 0 N–H and O–H groups in total. The standard InChI is InChI=1S/C17H17ClF2N4O/c1-22-17(25)16(18)15(6-21-22)23-8-12-5-13(9-23)24(12)7-10-4-11(19)2-3-14(10)20/h2-4,6,12-13H,5,7-9H2,1H3. The van der Waals surface area contributed by atoms with Crippen molar-refractivity contribution in [2.24, 2.45) is 7.05 Å². The average molecular weight is 367 g/mol. The molecule has 1 aromatic heterocycles. The van der Waals surface area contributed by atoms with Crippen LogP contribution in [0, 0.1) is 11.6 Å². The molecule has 5 rings (SSSR count). The highest BCUT2D eigenvalue weighted by Gasteiger charge is 2.45. The lowest BCUT2D eigenvalue weighted by Crippen LogP contribution is -2.68. The minimum atomic E-state index is -0.429. The van der Waals surface area contributed by atoms with Gasteiger partial charge in [0.2, 0.25) is 0 Å². The number of hydrogen-bond donors (Lipinski definition) is 0. The van der Waals surface area contributed by atoms with Gasteiger partial charge in [-0.25, -0.2) is 13.5 Å². The molecule has 3 aliphatic rings. The molecule has 3 saturated heterocycles. The predicted molar refractivity (Wildman–Crippen MR) is 90.8 cm³/mol. The van der Waals surface area contributed by atoms with E-state index in [0.29, 0.717) is 30.9 Å². The molecule has 4 heterocycles. The van der Waals surface area contributed by atoms with E-state index in [2.05, 4.69) is 10.00 Å². The van der Waals surface area contributed by atoms with Crippen LogP contribution in [0.15, 0.2) is 29.2 Å². The molecule has 0 saturated carbocycles. The van der Waals surface area contributed by atoms with Gasteiger partial charge in [0.15, 0.2) is 0 Å². The largest absolute Gasteiger partial charge is 0.366 e. The third kappa shape index (κ3) is 2.81. The molecule has 0 radical (unpaired) electrons. The van der Waals surface area contributed by atoms with Crippen molar-refractivity contribution in [1.82, 2.24) is 14.7 Å². The molecule has 132 valence electrons. The number of piperidine rings is 1. The Kier molecular flexibility index (Phi) is 4.00. The number of fused-ring (bicyclic) bond motifs is 2. The van der Waals surface area contributed by atoms with Crippen molar-refractivity contribution in [2.45, 2.75) is 25.0 Å². The van der Waals surface area contributed by atoms with E-state index in [9.17, 15) is 13.6 Å². The Balaban J connectivity index is 1.50. The molecule has 2 atom stereocenters. The number of rotatable bonds is 3. The van der Waals surface area contributed by atoms with E-state index >= 15 is 0 Å². The fraction of sp³-hybridized carbons (Fsp3) is 0.412. The summed E-state index contributed by atoms with van der Waals surface area (Å²) in [5, 5.41) is 4.20. The maximum Gasteiger partial charge on any atom is 0.287 e. The predicted octanol–water partition coefficient (Wildman–Crippen LogP) is 2.17. The van der Waals surface area contributed by atoms with Crippen LogP contribution in [-0.4, -0.2) is 39.9 Å². The monoisotopic (exact) mass is 366 g/mol. The molecule has 0 aliphatic carbocycles. The summed E-state index contributed by atoms with van der Waals surface area (Å²) in [7, 11) is 1.56. The van der Waals surface area contributed by atoms with Crippen LogP contribution in [0.5, 0.6) is 0 Å². The second-order valence-corrected chi connectivity index (χ2v) is 7.01. The molecule has 1 aromatic carbocycles. The Morgan fingerprint density at radius 1 is 1.28 bits per heavy atom. The van der Waals surface area contributed by atoms with Gasteiger partial charge in [-0.2, -0.15) is 5.10 Å². The zero-order valence-corrected chi connectivity index (χ0v) is 14.4. The van der Waals surface area contributed by atoms with Crippen LogP contribution in [0.1, 0.15) is 12.0 Å². The highest BCUT2D eigenvalue weighted by molar-refractivity contribution is 6.33. The van der Waals surface area contributed by atoms with E-state index < -0.39 is 5.82 Å². The third-order valence-corrected chi connectivity index (χ3v) is 5.46. The van der Waals surface area contributed by atoms with Gasteiger partial charge in [0, 0.05) is 44.3 Å². The Morgan fingerprint density at radius 2 is 2.00 bits per heavy atom. The first-order chi connectivity index (χ1) is 11.9. The summed E-state index contributed by atoms with van der Waals surface area (Å²) >= 11 is 6.18. The molecular formula is C17H17ClF2N4O. The van der Waals surface area contributed by atoms with Gasteiger partial charge >= 0.3 is 0 Å². The van der Waals surface area contributed by atoms with Crippen LogP contribution in [0.4, 0.5) is 14.5 Å². The van der Waals surface area contributed by atoms with Gasteiger partial charge in [0.05, 0.1) is 11.9 Å².